The molecule has 0 radical (unpaired) electrons. The molecule has 2 heterocycles. The van der Waals surface area contributed by atoms with Gasteiger partial charge in [0.25, 0.3) is 0 Å². The van der Waals surface area contributed by atoms with Gasteiger partial charge in [0.05, 0.1) is 10.7 Å². The van der Waals surface area contributed by atoms with Crippen LogP contribution in [0.4, 0.5) is 0 Å². The summed E-state index contributed by atoms with van der Waals surface area (Å²) in [6, 6.07) is 3.31. The number of carboxylic acids is 1. The lowest BCUT2D eigenvalue weighted by atomic mass is 9.99. The predicted molar refractivity (Wildman–Crippen MR) is 81.0 cm³/mol. The Hall–Kier alpha value is -2.21. The van der Waals surface area contributed by atoms with Crippen LogP contribution in [0.25, 0.3) is 11.3 Å². The molecule has 0 unspecified atom stereocenters. The van der Waals surface area contributed by atoms with Gasteiger partial charge in [0, 0.05) is 18.2 Å². The first kappa shape index (κ1) is 14.7. The van der Waals surface area contributed by atoms with Crippen molar-refractivity contribution in [1.29, 1.82) is 0 Å². The van der Waals surface area contributed by atoms with Crippen molar-refractivity contribution >= 4 is 17.6 Å². The van der Waals surface area contributed by atoms with Crippen molar-refractivity contribution in [2.45, 2.75) is 13.3 Å². The van der Waals surface area contributed by atoms with Gasteiger partial charge >= 0.3 is 5.97 Å². The summed E-state index contributed by atoms with van der Waals surface area (Å²) in [5, 5.41) is 13.5. The third kappa shape index (κ3) is 2.29. The summed E-state index contributed by atoms with van der Waals surface area (Å²) in [4.78, 5) is 11.1. The van der Waals surface area contributed by atoms with Crippen molar-refractivity contribution in [2.24, 2.45) is 7.05 Å². The van der Waals surface area contributed by atoms with Gasteiger partial charge in [0.1, 0.15) is 13.2 Å². The molecular formula is C15H15ClN2O4. The van der Waals surface area contributed by atoms with E-state index in [-0.39, 0.29) is 5.69 Å². The second-order valence-electron chi connectivity index (χ2n) is 4.94. The Bertz CT molecular complexity index is 754. The minimum atomic E-state index is -1.07. The number of nitrogens with zero attached hydrogens (tertiary/aromatic N) is 2. The SMILES string of the molecule is CCc1c(-c2cc(C(=O)O)nn2C)cc(Cl)c2c1OCCO2. The molecule has 3 rings (SSSR count). The fourth-order valence-corrected chi connectivity index (χ4v) is 2.87. The summed E-state index contributed by atoms with van der Waals surface area (Å²) in [5.41, 5.74) is 2.40. The maximum absolute atomic E-state index is 11.1. The summed E-state index contributed by atoms with van der Waals surface area (Å²) in [5.74, 6) is 0.118. The summed E-state index contributed by atoms with van der Waals surface area (Å²) < 4.78 is 12.8. The van der Waals surface area contributed by atoms with E-state index in [0.717, 1.165) is 11.1 Å². The average Bonchev–Trinajstić information content (AvgIpc) is 2.89. The van der Waals surface area contributed by atoms with Gasteiger partial charge in [-0.15, -0.1) is 0 Å². The highest BCUT2D eigenvalue weighted by Crippen LogP contribution is 2.45. The van der Waals surface area contributed by atoms with E-state index < -0.39 is 5.97 Å². The first-order chi connectivity index (χ1) is 10.5. The van der Waals surface area contributed by atoms with Crippen LogP contribution in [-0.2, 0) is 13.5 Å². The molecule has 7 heteroatoms. The van der Waals surface area contributed by atoms with Crippen LogP contribution in [0.3, 0.4) is 0 Å². The number of rotatable bonds is 3. The van der Waals surface area contributed by atoms with Crippen LogP contribution in [0, 0.1) is 0 Å². The molecular weight excluding hydrogens is 308 g/mol. The van der Waals surface area contributed by atoms with Gasteiger partial charge in [-0.25, -0.2) is 4.79 Å². The van der Waals surface area contributed by atoms with E-state index in [2.05, 4.69) is 5.10 Å². The average molecular weight is 323 g/mol. The maximum atomic E-state index is 11.1. The largest absolute Gasteiger partial charge is 0.486 e. The molecule has 1 aliphatic rings. The number of carboxylic acid groups (broad SMARTS) is 1. The van der Waals surface area contributed by atoms with E-state index in [9.17, 15) is 4.79 Å². The highest BCUT2D eigenvalue weighted by Gasteiger charge is 2.24. The molecule has 0 saturated heterocycles. The molecule has 0 bridgehead atoms. The molecule has 1 aromatic carbocycles. The van der Waals surface area contributed by atoms with Crippen molar-refractivity contribution < 1.29 is 19.4 Å². The smallest absolute Gasteiger partial charge is 0.356 e. The fourth-order valence-electron chi connectivity index (χ4n) is 2.63. The molecule has 0 fully saturated rings. The Kier molecular flexibility index (Phi) is 3.70. The number of hydrogen-bond acceptors (Lipinski definition) is 4. The highest BCUT2D eigenvalue weighted by atomic mass is 35.5. The molecule has 116 valence electrons. The zero-order valence-electron chi connectivity index (χ0n) is 12.2. The molecule has 0 amide bonds. The van der Waals surface area contributed by atoms with Gasteiger partial charge in [-0.1, -0.05) is 18.5 Å². The van der Waals surface area contributed by atoms with E-state index in [0.29, 0.717) is 41.9 Å². The summed E-state index contributed by atoms with van der Waals surface area (Å²) in [6.07, 6.45) is 0.700. The minimum absolute atomic E-state index is 0.00874. The first-order valence-electron chi connectivity index (χ1n) is 6.91. The van der Waals surface area contributed by atoms with Crippen molar-refractivity contribution in [3.05, 3.63) is 28.4 Å². The standard InChI is InChI=1S/C15H15ClN2O4/c1-3-8-9(12-7-11(15(19)20)17-18(12)2)6-10(16)14-13(8)21-4-5-22-14/h6-7H,3-5H2,1-2H3,(H,19,20). The lowest BCUT2D eigenvalue weighted by molar-refractivity contribution is 0.0689. The highest BCUT2D eigenvalue weighted by molar-refractivity contribution is 6.32. The van der Waals surface area contributed by atoms with Crippen LogP contribution in [0.1, 0.15) is 23.0 Å². The Morgan fingerprint density at radius 2 is 2.05 bits per heavy atom. The normalized spacial score (nSPS) is 13.2. The fraction of sp³-hybridized carbons (Fsp3) is 0.333. The molecule has 1 aliphatic heterocycles. The number of fused-ring (bicyclic) bond motifs is 1. The number of carbonyl (C=O) groups is 1. The van der Waals surface area contributed by atoms with Gasteiger partial charge in [-0.3, -0.25) is 4.68 Å². The predicted octanol–water partition coefficient (Wildman–Crippen LogP) is 2.77. The molecule has 0 aliphatic carbocycles. The summed E-state index contributed by atoms with van der Waals surface area (Å²) >= 11 is 6.30. The first-order valence-corrected chi connectivity index (χ1v) is 7.29. The van der Waals surface area contributed by atoms with Gasteiger partial charge in [0.2, 0.25) is 0 Å². The van der Waals surface area contributed by atoms with Crippen LogP contribution in [-0.4, -0.2) is 34.1 Å². The second-order valence-corrected chi connectivity index (χ2v) is 5.34. The summed E-state index contributed by atoms with van der Waals surface area (Å²) in [6.45, 7) is 2.93. The second kappa shape index (κ2) is 5.53. The van der Waals surface area contributed by atoms with E-state index >= 15 is 0 Å². The lowest BCUT2D eigenvalue weighted by Gasteiger charge is -2.24. The zero-order valence-corrected chi connectivity index (χ0v) is 13.0. The van der Waals surface area contributed by atoms with E-state index in [1.807, 2.05) is 6.92 Å². The van der Waals surface area contributed by atoms with Crippen molar-refractivity contribution in [1.82, 2.24) is 9.78 Å². The van der Waals surface area contributed by atoms with E-state index in [1.54, 1.807) is 13.1 Å². The van der Waals surface area contributed by atoms with Crippen LogP contribution in [0.2, 0.25) is 5.02 Å². The number of aryl methyl sites for hydroxylation is 1. The Morgan fingerprint density at radius 3 is 2.64 bits per heavy atom. The third-order valence-electron chi connectivity index (χ3n) is 3.60. The molecule has 6 nitrogen and oxygen atoms in total. The number of aromatic nitrogens is 2. The van der Waals surface area contributed by atoms with Crippen molar-refractivity contribution in [3.63, 3.8) is 0 Å². The van der Waals surface area contributed by atoms with Crippen LogP contribution in [0.5, 0.6) is 11.5 Å². The molecule has 1 N–H and O–H groups in total. The number of ether oxygens (including phenoxy) is 2. The Balaban J connectivity index is 2.23. The monoisotopic (exact) mass is 322 g/mol. The van der Waals surface area contributed by atoms with Gasteiger partial charge in [0.15, 0.2) is 17.2 Å². The quantitative estimate of drug-likeness (QED) is 0.940. The maximum Gasteiger partial charge on any atom is 0.356 e. The minimum Gasteiger partial charge on any atom is -0.486 e. The van der Waals surface area contributed by atoms with Crippen molar-refractivity contribution in [3.8, 4) is 22.8 Å². The van der Waals surface area contributed by atoms with E-state index in [1.165, 1.54) is 10.7 Å². The van der Waals surface area contributed by atoms with Crippen LogP contribution >= 0.6 is 11.6 Å². The molecule has 0 spiro atoms. The number of halogens is 1. The number of aromatic carboxylic acids is 1. The van der Waals surface area contributed by atoms with Crippen LogP contribution < -0.4 is 9.47 Å². The van der Waals surface area contributed by atoms with Gasteiger partial charge in [-0.05, 0) is 18.6 Å². The molecule has 0 atom stereocenters. The molecule has 22 heavy (non-hydrogen) atoms. The van der Waals surface area contributed by atoms with Gasteiger partial charge < -0.3 is 14.6 Å². The Labute approximate surface area is 132 Å². The topological polar surface area (TPSA) is 73.6 Å². The van der Waals surface area contributed by atoms with E-state index in [4.69, 9.17) is 26.2 Å². The summed E-state index contributed by atoms with van der Waals surface area (Å²) in [7, 11) is 1.70. The molecule has 2 aromatic rings. The zero-order chi connectivity index (χ0) is 15.9. The third-order valence-corrected chi connectivity index (χ3v) is 3.88. The number of hydrogen-bond donors (Lipinski definition) is 1. The van der Waals surface area contributed by atoms with Gasteiger partial charge in [-0.2, -0.15) is 5.10 Å². The van der Waals surface area contributed by atoms with Crippen LogP contribution in [0.15, 0.2) is 12.1 Å². The molecule has 1 aromatic heterocycles. The Morgan fingerprint density at radius 1 is 1.36 bits per heavy atom. The van der Waals surface area contributed by atoms with Crippen molar-refractivity contribution in [2.75, 3.05) is 13.2 Å². The lowest BCUT2D eigenvalue weighted by Crippen LogP contribution is -2.17. The molecule has 0 saturated carbocycles. The number of benzene rings is 1.